The molecular formula is C99H156O26. The fourth-order valence-electron chi connectivity index (χ4n) is 5.92. The molecule has 8 aromatic rings. The molecule has 0 bridgehead atoms. The van der Waals surface area contributed by atoms with E-state index in [4.69, 9.17) is 64.5 Å². The molecule has 0 aliphatic carbocycles. The Balaban J connectivity index is -0.000000123. The Kier molecular flexibility index (Phi) is 122. The second-order valence-electron chi connectivity index (χ2n) is 25.7. The van der Waals surface area contributed by atoms with Gasteiger partial charge < -0.3 is 88.2 Å². The number of benzene rings is 8. The first-order chi connectivity index (χ1) is 59.4. The Morgan fingerprint density at radius 2 is 0.472 bits per heavy atom. The molecule has 8 N–H and O–H groups in total. The second-order valence-corrected chi connectivity index (χ2v) is 25.7. The van der Waals surface area contributed by atoms with Crippen molar-refractivity contribution in [3.05, 3.63) is 287 Å². The molecule has 9 rings (SSSR count). The van der Waals surface area contributed by atoms with E-state index in [0.29, 0.717) is 62.8 Å². The molecule has 1 saturated heterocycles. The molecule has 708 valence electrons. The van der Waals surface area contributed by atoms with Gasteiger partial charge in [0, 0.05) is 97.0 Å². The first-order valence-electron chi connectivity index (χ1n) is 40.8. The third-order valence-corrected chi connectivity index (χ3v) is 12.0. The van der Waals surface area contributed by atoms with E-state index in [9.17, 15) is 38.4 Å². The predicted molar refractivity (Wildman–Crippen MR) is 504 cm³/mol. The first kappa shape index (κ1) is 137. The molecule has 26 heteroatoms. The number of carboxylic acid groups (broad SMARTS) is 8. The molecule has 1 aliphatic heterocycles. The van der Waals surface area contributed by atoms with Crippen molar-refractivity contribution in [1.29, 1.82) is 0 Å². The minimum absolute atomic E-state index is 0.0139. The van der Waals surface area contributed by atoms with Gasteiger partial charge in [0.25, 0.3) is 0 Å². The third-order valence-electron chi connectivity index (χ3n) is 12.0. The number of hydrogen-bond acceptors (Lipinski definition) is 18. The van der Waals surface area contributed by atoms with Crippen LogP contribution < -0.4 is 0 Å². The number of aromatic carboxylic acids is 8. The van der Waals surface area contributed by atoms with Gasteiger partial charge in [-0.25, -0.2) is 38.4 Å². The lowest BCUT2D eigenvalue weighted by atomic mass is 10.0. The summed E-state index contributed by atoms with van der Waals surface area (Å²) in [5, 5.41) is 67.1. The van der Waals surface area contributed by atoms with Crippen LogP contribution >= 0.6 is 0 Å². The number of methoxy groups -OCH3 is 8. The van der Waals surface area contributed by atoms with Gasteiger partial charge >= 0.3 is 47.8 Å². The van der Waals surface area contributed by atoms with Gasteiger partial charge in [-0.1, -0.05) is 254 Å². The zero-order chi connectivity index (χ0) is 98.1. The fourth-order valence-corrected chi connectivity index (χ4v) is 5.92. The van der Waals surface area contributed by atoms with Gasteiger partial charge in [0.05, 0.1) is 57.2 Å². The molecule has 26 nitrogen and oxygen atoms in total. The van der Waals surface area contributed by atoms with Crippen LogP contribution in [0.2, 0.25) is 0 Å². The molecule has 0 amide bonds. The third kappa shape index (κ3) is 124. The number of unbranched alkanes of at least 4 members (excludes halogenated alkanes) is 1. The standard InChI is InChI=1S/8C7H6O2.C5H10O2.C5H12O2.C5H12O.C5H12.4C3H8O.3C3H8.C2H6O/c8*8-7(9)6-4-2-1-3-5-6;1-5-2-3-6-4-7-5;1-4-5(6-2)7-3;1-3-4-5-6-2;1-5(2,3)4;4*1-3-4-2;4*1-3-2/h8*1-5H,(H,8,9);5H,2-4H2,1H3;5H,4H2,1-3H3;3-5H2,1-2H3;1-4H3;4*3H2,1-2H3;3*3H2,1-2H3;1-2H3. The first-order valence-corrected chi connectivity index (χ1v) is 40.8. The number of carboxylic acids is 8. The average molecular weight is 1760 g/mol. The number of hydrogen-bond donors (Lipinski definition) is 8. The van der Waals surface area contributed by atoms with E-state index >= 15 is 0 Å². The zero-order valence-electron chi connectivity index (χ0n) is 79.6. The lowest BCUT2D eigenvalue weighted by Gasteiger charge is -2.17. The molecule has 1 aliphatic rings. The van der Waals surface area contributed by atoms with Crippen molar-refractivity contribution in [2.24, 2.45) is 5.41 Å². The van der Waals surface area contributed by atoms with Crippen molar-refractivity contribution in [3.8, 4) is 0 Å². The molecule has 8 aromatic carbocycles. The van der Waals surface area contributed by atoms with E-state index in [-0.39, 0.29) is 6.29 Å². The highest BCUT2D eigenvalue weighted by atomic mass is 16.7. The van der Waals surface area contributed by atoms with Gasteiger partial charge in [0.15, 0.2) is 6.29 Å². The Hall–Kier alpha value is -10.9. The molecular weight excluding hydrogens is 1610 g/mol. The van der Waals surface area contributed by atoms with E-state index < -0.39 is 47.8 Å². The van der Waals surface area contributed by atoms with E-state index in [1.54, 1.807) is 307 Å². The van der Waals surface area contributed by atoms with Crippen LogP contribution in [0.1, 0.15) is 246 Å². The molecule has 1 fully saturated rings. The van der Waals surface area contributed by atoms with Crippen LogP contribution in [0, 0.1) is 5.41 Å². The summed E-state index contributed by atoms with van der Waals surface area (Å²) in [5.41, 5.74) is 3.15. The smallest absolute Gasteiger partial charge is 0.335 e. The van der Waals surface area contributed by atoms with Crippen molar-refractivity contribution in [3.63, 3.8) is 0 Å². The van der Waals surface area contributed by atoms with Crippen molar-refractivity contribution >= 4 is 47.8 Å². The molecule has 125 heavy (non-hydrogen) atoms. The van der Waals surface area contributed by atoms with Gasteiger partial charge in [-0.05, 0) is 156 Å². The van der Waals surface area contributed by atoms with E-state index in [1.165, 1.54) is 32.1 Å². The largest absolute Gasteiger partial charge is 0.478 e. The van der Waals surface area contributed by atoms with Crippen LogP contribution in [0.4, 0.5) is 0 Å². The summed E-state index contributed by atoms with van der Waals surface area (Å²) in [6.07, 6.45) is 8.52. The van der Waals surface area contributed by atoms with Crippen LogP contribution in [0.3, 0.4) is 0 Å². The van der Waals surface area contributed by atoms with Gasteiger partial charge in [0.1, 0.15) is 6.79 Å². The van der Waals surface area contributed by atoms with E-state index in [0.717, 1.165) is 52.5 Å². The molecule has 1 unspecified atom stereocenters. The monoisotopic (exact) mass is 1760 g/mol. The van der Waals surface area contributed by atoms with Gasteiger partial charge in [-0.15, -0.1) is 0 Å². The highest BCUT2D eigenvalue weighted by molar-refractivity contribution is 5.90. The van der Waals surface area contributed by atoms with E-state index in [2.05, 4.69) is 107 Å². The summed E-state index contributed by atoms with van der Waals surface area (Å²) >= 11 is 0. The van der Waals surface area contributed by atoms with Crippen molar-refractivity contribution in [2.75, 3.05) is 110 Å². The second kappa shape index (κ2) is 111. The zero-order valence-corrected chi connectivity index (χ0v) is 79.6. The Bertz CT molecular complexity index is 2850. The van der Waals surface area contributed by atoms with Crippen molar-refractivity contribution in [2.45, 2.75) is 175 Å². The Morgan fingerprint density at radius 1 is 0.320 bits per heavy atom. The normalized spacial score (nSPS) is 9.99. The average Bonchev–Trinajstić information content (AvgIpc) is 0.983. The van der Waals surface area contributed by atoms with Crippen LogP contribution in [0.15, 0.2) is 243 Å². The molecule has 1 heterocycles. The van der Waals surface area contributed by atoms with Gasteiger partial charge in [0.2, 0.25) is 0 Å². The summed E-state index contributed by atoms with van der Waals surface area (Å²) in [7, 11) is 15.0. The fraction of sp³-hybridized carbons (Fsp3) is 0.434. The number of ether oxygens (including phenoxy) is 10. The predicted octanol–water partition coefficient (Wildman–Crippen LogP) is 23.5. The number of carbonyl (C=O) groups is 8. The lowest BCUT2D eigenvalue weighted by molar-refractivity contribution is -0.132. The van der Waals surface area contributed by atoms with Crippen LogP contribution in [-0.4, -0.2) is 211 Å². The molecule has 1 atom stereocenters. The summed E-state index contributed by atoms with van der Waals surface area (Å²) < 4.78 is 46.8. The highest BCUT2D eigenvalue weighted by Gasteiger charge is 2.07. The minimum atomic E-state index is -0.879. The minimum Gasteiger partial charge on any atom is -0.478 e. The van der Waals surface area contributed by atoms with Gasteiger partial charge in [-0.3, -0.25) is 0 Å². The van der Waals surface area contributed by atoms with Crippen molar-refractivity contribution < 1.29 is 127 Å². The number of rotatable bonds is 18. The summed E-state index contributed by atoms with van der Waals surface area (Å²) in [5.74, 6) is -7.03. The molecule has 0 radical (unpaired) electrons. The Morgan fingerprint density at radius 3 is 0.520 bits per heavy atom. The van der Waals surface area contributed by atoms with Crippen LogP contribution in [0.25, 0.3) is 0 Å². The molecule has 0 saturated carbocycles. The van der Waals surface area contributed by atoms with Crippen LogP contribution in [0.5, 0.6) is 0 Å². The van der Waals surface area contributed by atoms with Gasteiger partial charge in [-0.2, -0.15) is 0 Å². The van der Waals surface area contributed by atoms with Crippen LogP contribution in [-0.2, 0) is 47.4 Å². The summed E-state index contributed by atoms with van der Waals surface area (Å²) in [6, 6.07) is 66.4. The topological polar surface area (TPSA) is 391 Å². The SMILES string of the molecule is CC(C)(C)C.CC1CCOCO1.CCC.CCC.CCC.CCC(OC)OC.CCCCOC.CCOC.CCOC.CCOC.CCOC.COC.O=C(O)c1ccccc1.O=C(O)c1ccccc1.O=C(O)c1ccccc1.O=C(O)c1ccccc1.O=C(O)c1ccccc1.O=C(O)c1ccccc1.O=C(O)c1ccccc1.O=C(O)c1ccccc1. The summed E-state index contributed by atoms with van der Waals surface area (Å²) in [6.45, 7) is 41.1. The lowest BCUT2D eigenvalue weighted by Crippen LogP contribution is -2.20. The highest BCUT2D eigenvalue weighted by Crippen LogP contribution is 2.08. The maximum Gasteiger partial charge on any atom is 0.335 e. The summed E-state index contributed by atoms with van der Waals surface area (Å²) in [4.78, 5) is 81.6. The quantitative estimate of drug-likeness (QED) is 0.0292. The maximum atomic E-state index is 10.2. The molecule has 0 spiro atoms. The Labute approximate surface area is 748 Å². The maximum absolute atomic E-state index is 10.2. The van der Waals surface area contributed by atoms with Crippen molar-refractivity contribution in [1.82, 2.24) is 0 Å². The molecule has 0 aromatic heterocycles. The van der Waals surface area contributed by atoms with E-state index in [1.807, 2.05) is 34.6 Å².